The van der Waals surface area contributed by atoms with Gasteiger partial charge in [-0.2, -0.15) is 0 Å². The van der Waals surface area contributed by atoms with Gasteiger partial charge in [-0.15, -0.1) is 11.3 Å². The van der Waals surface area contributed by atoms with Crippen molar-refractivity contribution < 1.29 is 47.4 Å². The van der Waals surface area contributed by atoms with Crippen molar-refractivity contribution in [2.24, 2.45) is 0 Å². The minimum atomic E-state index is -1.46. The molecule has 72 heavy (non-hydrogen) atoms. The fourth-order valence-electron chi connectivity index (χ4n) is 9.92. The van der Waals surface area contributed by atoms with Crippen LogP contribution >= 0.6 is 34.5 Å². The van der Waals surface area contributed by atoms with Crippen LogP contribution in [-0.4, -0.2) is 138 Å². The van der Waals surface area contributed by atoms with Gasteiger partial charge in [-0.25, -0.2) is 29.1 Å². The van der Waals surface area contributed by atoms with Crippen LogP contribution < -0.4 is 18.9 Å². The summed E-state index contributed by atoms with van der Waals surface area (Å²) in [6.07, 6.45) is 4.67. The fraction of sp³-hybridized carbons (Fsp3) is 0.453. The molecule has 4 aliphatic heterocycles. The zero-order chi connectivity index (χ0) is 49.9. The van der Waals surface area contributed by atoms with E-state index in [0.29, 0.717) is 114 Å². The number of carboxylic acids is 1. The largest absolute Gasteiger partial charge is 0.490 e. The number of benzene rings is 3. The number of nitrogens with zero attached hydrogens (tertiary/aromatic N) is 6. The van der Waals surface area contributed by atoms with E-state index < -0.39 is 24.0 Å². The zero-order valence-corrected chi connectivity index (χ0v) is 42.7. The topological polar surface area (TPSA) is 160 Å². The Kier molecular flexibility index (Phi) is 15.7. The number of hydrogen-bond donors (Lipinski definition) is 1. The van der Waals surface area contributed by atoms with Crippen molar-refractivity contribution in [3.05, 3.63) is 105 Å². The molecule has 0 spiro atoms. The molecule has 15 nitrogen and oxygen atoms in total. The van der Waals surface area contributed by atoms with E-state index in [1.165, 1.54) is 29.8 Å². The maximum absolute atomic E-state index is 14.4. The Morgan fingerprint density at radius 1 is 0.903 bits per heavy atom. The van der Waals surface area contributed by atoms with E-state index in [9.17, 15) is 14.3 Å². The summed E-state index contributed by atoms with van der Waals surface area (Å²) in [6.45, 7) is 10.3. The molecule has 5 aliphatic rings. The van der Waals surface area contributed by atoms with Crippen LogP contribution in [0.4, 0.5) is 4.39 Å². The highest BCUT2D eigenvalue weighted by atomic mass is 35.5. The number of carboxylic acid groups (broad SMARTS) is 1. The third-order valence-corrected chi connectivity index (χ3v) is 16.0. The lowest BCUT2D eigenvalue weighted by Crippen LogP contribution is -2.49. The number of likely N-dealkylation sites (N-methyl/N-ethyl adjacent to an activating group) is 1. The Hall–Kier alpha value is -5.24. The zero-order valence-electron chi connectivity index (χ0n) is 40.4. The lowest BCUT2D eigenvalue weighted by atomic mass is 9.86. The van der Waals surface area contributed by atoms with Gasteiger partial charge in [0.2, 0.25) is 12.0 Å². The Labute approximate surface area is 431 Å². The highest BCUT2D eigenvalue weighted by molar-refractivity contribution is 7.22. The van der Waals surface area contributed by atoms with Gasteiger partial charge in [0.15, 0.2) is 5.75 Å². The summed E-state index contributed by atoms with van der Waals surface area (Å²) in [5, 5.41) is 12.0. The number of ether oxygens (including phenoxy) is 7. The third-order valence-electron chi connectivity index (χ3n) is 13.9. The van der Waals surface area contributed by atoms with E-state index in [2.05, 4.69) is 31.8 Å². The maximum Gasteiger partial charge on any atom is 0.345 e. The molecule has 380 valence electrons. The van der Waals surface area contributed by atoms with Crippen LogP contribution in [0.3, 0.4) is 0 Å². The Bertz CT molecular complexity index is 2860. The summed E-state index contributed by atoms with van der Waals surface area (Å²) >= 11 is 16.0. The van der Waals surface area contributed by atoms with Gasteiger partial charge in [-0.3, -0.25) is 4.90 Å². The minimum absolute atomic E-state index is 0.0262. The predicted molar refractivity (Wildman–Crippen MR) is 272 cm³/mol. The summed E-state index contributed by atoms with van der Waals surface area (Å²) in [6, 6.07) is 13.3. The molecule has 2 saturated heterocycles. The molecule has 4 bridgehead atoms. The van der Waals surface area contributed by atoms with Crippen molar-refractivity contribution in [1.29, 1.82) is 0 Å². The number of hydrogen-bond acceptors (Lipinski definition) is 15. The average molecular weight is 1040 g/mol. The van der Waals surface area contributed by atoms with E-state index in [1.807, 2.05) is 19.9 Å². The fourth-order valence-corrected chi connectivity index (χ4v) is 11.6. The predicted octanol–water partition coefficient (Wildman–Crippen LogP) is 9.38. The van der Waals surface area contributed by atoms with E-state index in [1.54, 1.807) is 36.5 Å². The second-order valence-electron chi connectivity index (χ2n) is 18.9. The van der Waals surface area contributed by atoms with Gasteiger partial charge >= 0.3 is 5.97 Å². The van der Waals surface area contributed by atoms with E-state index in [0.717, 1.165) is 57.7 Å². The molecule has 11 rings (SSSR count). The number of thiophene rings is 1. The lowest BCUT2D eigenvalue weighted by Gasteiger charge is -2.35. The molecule has 3 aromatic heterocycles. The molecule has 1 N–H and O–H groups in total. The summed E-state index contributed by atoms with van der Waals surface area (Å²) in [5.74, 6) is 0.559. The molecule has 3 aromatic carbocycles. The van der Waals surface area contributed by atoms with Gasteiger partial charge in [-0.1, -0.05) is 35.3 Å². The SMILES string of the molecule is Cc1c(Cl)c2c(Cl)c(C)c1-c1c(-c3ccc(F)cc3)sc3ncnc(c13)O[C@@H](C(=O)O)Cc1cc(ccc1OCc1ccnc([C@H]3CC[C@H](OC[C@H]4COCCO4)CC3)n1)OCC(CN1CCN(C)CC1)O2. The molecule has 7 heterocycles. The van der Waals surface area contributed by atoms with Crippen molar-refractivity contribution in [2.45, 2.75) is 82.9 Å². The molecule has 1 unspecified atom stereocenters. The van der Waals surface area contributed by atoms with Crippen LogP contribution in [0.15, 0.2) is 61.1 Å². The second-order valence-corrected chi connectivity index (χ2v) is 20.7. The average Bonchev–Trinajstić information content (AvgIpc) is 3.78. The molecule has 1 aliphatic carbocycles. The van der Waals surface area contributed by atoms with E-state index >= 15 is 0 Å². The van der Waals surface area contributed by atoms with Crippen molar-refractivity contribution in [3.63, 3.8) is 0 Å². The lowest BCUT2D eigenvalue weighted by molar-refractivity contribution is -0.145. The minimum Gasteiger partial charge on any atom is -0.490 e. The van der Waals surface area contributed by atoms with Crippen LogP contribution in [0.2, 0.25) is 10.0 Å². The maximum atomic E-state index is 14.4. The normalized spacial score (nSPS) is 22.2. The molecular formula is C53H57Cl2FN6O9S. The van der Waals surface area contributed by atoms with Crippen LogP contribution in [0.5, 0.6) is 23.1 Å². The van der Waals surface area contributed by atoms with Gasteiger partial charge in [0.05, 0.1) is 53.7 Å². The van der Waals surface area contributed by atoms with Gasteiger partial charge < -0.3 is 43.2 Å². The Morgan fingerprint density at radius 2 is 1.68 bits per heavy atom. The summed E-state index contributed by atoms with van der Waals surface area (Å²) in [5.41, 5.74) is 4.49. The number of halogens is 3. The number of carbonyl (C=O) groups is 1. The smallest absolute Gasteiger partial charge is 0.345 e. The van der Waals surface area contributed by atoms with Gasteiger partial charge in [0.1, 0.15) is 59.7 Å². The first-order valence-corrected chi connectivity index (χ1v) is 26.0. The molecule has 3 fully saturated rings. The molecule has 1 saturated carbocycles. The standard InChI is InChI=1S/C53H57Cl2FN6O9S/c1-30-43-31(2)47(55)48(46(30)54)70-39(24-62-18-16-61(3)17-19-62)27-68-38-12-13-41(69-25-36-14-15-57-50(60-36)33-6-10-37(11-7-33)67-28-40-26-65-20-21-66-40)34(22-38)23-42(53(63)64)71-51-45-44(43)49(72-52(45)59-29-58-51)32-4-8-35(56)9-5-32/h4-5,8-9,12-15,22,29,33,37,39-40,42H,6-7,10-11,16-21,23-28H2,1-3H3,(H,63,64)/t33-,37-,39?,40-,42-/m1/s1. The third kappa shape index (κ3) is 11.3. The van der Waals surface area contributed by atoms with Crippen LogP contribution in [-0.2, 0) is 32.0 Å². The van der Waals surface area contributed by atoms with E-state index in [4.69, 9.17) is 61.3 Å². The van der Waals surface area contributed by atoms with Crippen LogP contribution in [0.1, 0.15) is 59.8 Å². The van der Waals surface area contributed by atoms with Crippen molar-refractivity contribution in [3.8, 4) is 44.7 Å². The number of aromatic nitrogens is 4. The first-order chi connectivity index (χ1) is 34.9. The number of fused-ring (bicyclic) bond motifs is 7. The molecule has 19 heteroatoms. The molecule has 0 radical (unpaired) electrons. The van der Waals surface area contributed by atoms with Crippen LogP contribution in [0.25, 0.3) is 31.8 Å². The van der Waals surface area contributed by atoms with Crippen molar-refractivity contribution >= 4 is 50.7 Å². The number of aliphatic carboxylic acids is 1. The molecular weight excluding hydrogens is 987 g/mol. The summed E-state index contributed by atoms with van der Waals surface area (Å²) < 4.78 is 58.4. The quantitative estimate of drug-likeness (QED) is 0.131. The molecule has 3 atom stereocenters. The van der Waals surface area contributed by atoms with Gasteiger partial charge in [0, 0.05) is 67.3 Å². The summed E-state index contributed by atoms with van der Waals surface area (Å²) in [4.78, 5) is 38.1. The highest BCUT2D eigenvalue weighted by Crippen LogP contribution is 2.53. The second kappa shape index (κ2) is 22.5. The van der Waals surface area contributed by atoms with Crippen molar-refractivity contribution in [1.82, 2.24) is 29.7 Å². The highest BCUT2D eigenvalue weighted by Gasteiger charge is 2.33. The number of rotatable bonds is 11. The molecule has 0 amide bonds. The Morgan fingerprint density at radius 3 is 2.42 bits per heavy atom. The van der Waals surface area contributed by atoms with Gasteiger partial charge in [0.25, 0.3) is 0 Å². The van der Waals surface area contributed by atoms with Gasteiger partial charge in [-0.05, 0) is 105 Å². The first-order valence-electron chi connectivity index (χ1n) is 24.5. The van der Waals surface area contributed by atoms with Crippen molar-refractivity contribution in [2.75, 3.05) is 72.8 Å². The molecule has 6 aromatic rings. The number of piperazine rings is 1. The Balaban J connectivity index is 0.984. The summed E-state index contributed by atoms with van der Waals surface area (Å²) in [7, 11) is 2.11. The monoisotopic (exact) mass is 1040 g/mol. The van der Waals surface area contributed by atoms with E-state index in [-0.39, 0.29) is 43.6 Å². The van der Waals surface area contributed by atoms with Crippen LogP contribution in [0, 0.1) is 19.7 Å². The first kappa shape index (κ1) is 50.3.